The number of pyridine rings is 1. The number of rotatable bonds is 0. The van der Waals surface area contributed by atoms with Crippen LogP contribution in [0.2, 0.25) is 0 Å². The Balaban J connectivity index is 2.49. The van der Waals surface area contributed by atoms with E-state index in [0.717, 1.165) is 0 Å². The molecule has 0 spiro atoms. The molecular weight excluding hydrogens is 154 g/mol. The van der Waals surface area contributed by atoms with Crippen LogP contribution in [0.5, 0.6) is 0 Å². The summed E-state index contributed by atoms with van der Waals surface area (Å²) in [6.45, 7) is 0.531. The maximum Gasteiger partial charge on any atom is 0.258 e. The summed E-state index contributed by atoms with van der Waals surface area (Å²) < 4.78 is 0. The Hall–Kier alpha value is -1.58. The summed E-state index contributed by atoms with van der Waals surface area (Å²) in [5.74, 6) is 0.706. The minimum atomic E-state index is 0.0249. The zero-order valence-corrected chi connectivity index (χ0v) is 6.74. The SMILES string of the molecule is CN1CNc2ncccc2C1=O. The van der Waals surface area contributed by atoms with Gasteiger partial charge < -0.3 is 10.2 Å². The van der Waals surface area contributed by atoms with E-state index < -0.39 is 0 Å². The summed E-state index contributed by atoms with van der Waals surface area (Å²) in [4.78, 5) is 17.1. The molecule has 0 radical (unpaired) electrons. The molecule has 0 aliphatic carbocycles. The first-order chi connectivity index (χ1) is 5.79. The molecular formula is C8H9N3O. The zero-order chi connectivity index (χ0) is 8.55. The van der Waals surface area contributed by atoms with Crippen LogP contribution in [0, 0.1) is 0 Å². The number of hydrogen-bond acceptors (Lipinski definition) is 3. The summed E-state index contributed by atoms with van der Waals surface area (Å²) in [5.41, 5.74) is 0.645. The van der Waals surface area contributed by atoms with Crippen molar-refractivity contribution in [2.24, 2.45) is 0 Å². The minimum Gasteiger partial charge on any atom is -0.352 e. The normalized spacial score (nSPS) is 15.4. The monoisotopic (exact) mass is 163 g/mol. The highest BCUT2D eigenvalue weighted by Gasteiger charge is 2.20. The van der Waals surface area contributed by atoms with Crippen LogP contribution in [0.3, 0.4) is 0 Å². The summed E-state index contributed by atoms with van der Waals surface area (Å²) in [6, 6.07) is 3.53. The van der Waals surface area contributed by atoms with Gasteiger partial charge in [-0.1, -0.05) is 0 Å². The number of nitrogens with one attached hydrogen (secondary N) is 1. The van der Waals surface area contributed by atoms with Gasteiger partial charge in [-0.3, -0.25) is 4.79 Å². The molecule has 1 aliphatic heterocycles. The van der Waals surface area contributed by atoms with Gasteiger partial charge in [0.1, 0.15) is 5.82 Å². The van der Waals surface area contributed by atoms with E-state index in [1.807, 2.05) is 0 Å². The van der Waals surface area contributed by atoms with Crippen molar-refractivity contribution in [2.75, 3.05) is 19.0 Å². The first-order valence-corrected chi connectivity index (χ1v) is 3.73. The number of aromatic nitrogens is 1. The van der Waals surface area contributed by atoms with Crippen molar-refractivity contribution in [1.82, 2.24) is 9.88 Å². The number of carbonyl (C=O) groups is 1. The second-order valence-electron chi connectivity index (χ2n) is 2.74. The largest absolute Gasteiger partial charge is 0.352 e. The third-order valence-corrected chi connectivity index (χ3v) is 1.87. The molecule has 4 heteroatoms. The lowest BCUT2D eigenvalue weighted by molar-refractivity contribution is 0.0796. The summed E-state index contributed by atoms with van der Waals surface area (Å²) >= 11 is 0. The van der Waals surface area contributed by atoms with E-state index in [4.69, 9.17) is 0 Å². The standard InChI is InChI=1S/C8H9N3O/c1-11-5-10-7-6(8(11)12)3-2-4-9-7/h2-4H,5H2,1H3,(H,9,10). The predicted molar refractivity (Wildman–Crippen MR) is 44.8 cm³/mol. The number of anilines is 1. The lowest BCUT2D eigenvalue weighted by Crippen LogP contribution is -2.37. The minimum absolute atomic E-state index is 0.0249. The Morgan fingerprint density at radius 3 is 3.33 bits per heavy atom. The molecule has 4 nitrogen and oxygen atoms in total. The Labute approximate surface area is 70.2 Å². The van der Waals surface area contributed by atoms with Gasteiger partial charge in [-0.05, 0) is 12.1 Å². The van der Waals surface area contributed by atoms with Crippen molar-refractivity contribution >= 4 is 11.7 Å². The molecule has 0 unspecified atom stereocenters. The summed E-state index contributed by atoms with van der Waals surface area (Å²) in [5, 5.41) is 3.04. The Morgan fingerprint density at radius 2 is 2.50 bits per heavy atom. The molecule has 12 heavy (non-hydrogen) atoms. The lowest BCUT2D eigenvalue weighted by atomic mass is 10.2. The highest BCUT2D eigenvalue weighted by Crippen LogP contribution is 2.17. The molecule has 62 valence electrons. The van der Waals surface area contributed by atoms with Gasteiger partial charge in [0, 0.05) is 13.2 Å². The van der Waals surface area contributed by atoms with Crippen molar-refractivity contribution in [3.63, 3.8) is 0 Å². The van der Waals surface area contributed by atoms with Gasteiger partial charge in [0.2, 0.25) is 0 Å². The quantitative estimate of drug-likeness (QED) is 0.607. The van der Waals surface area contributed by atoms with Gasteiger partial charge in [0.25, 0.3) is 5.91 Å². The van der Waals surface area contributed by atoms with Crippen LogP contribution in [0.15, 0.2) is 18.3 Å². The third kappa shape index (κ3) is 0.922. The second kappa shape index (κ2) is 2.48. The fraction of sp³-hybridized carbons (Fsp3) is 0.250. The molecule has 1 aromatic heterocycles. The van der Waals surface area contributed by atoms with E-state index in [9.17, 15) is 4.79 Å². The highest BCUT2D eigenvalue weighted by atomic mass is 16.2. The second-order valence-corrected chi connectivity index (χ2v) is 2.74. The van der Waals surface area contributed by atoms with E-state index >= 15 is 0 Å². The fourth-order valence-electron chi connectivity index (χ4n) is 1.19. The molecule has 0 atom stereocenters. The van der Waals surface area contributed by atoms with Crippen LogP contribution in [0.4, 0.5) is 5.82 Å². The molecule has 0 saturated heterocycles. The zero-order valence-electron chi connectivity index (χ0n) is 6.74. The van der Waals surface area contributed by atoms with E-state index in [2.05, 4.69) is 10.3 Å². The number of nitrogens with zero attached hydrogens (tertiary/aromatic N) is 2. The lowest BCUT2D eigenvalue weighted by Gasteiger charge is -2.24. The maximum absolute atomic E-state index is 11.5. The van der Waals surface area contributed by atoms with E-state index in [-0.39, 0.29) is 5.91 Å². The smallest absolute Gasteiger partial charge is 0.258 e. The van der Waals surface area contributed by atoms with Crippen LogP contribution in [-0.4, -0.2) is 29.5 Å². The molecule has 1 N–H and O–H groups in total. The summed E-state index contributed by atoms with van der Waals surface area (Å²) in [7, 11) is 1.76. The van der Waals surface area contributed by atoms with Gasteiger partial charge in [-0.25, -0.2) is 4.98 Å². The molecule has 1 aliphatic rings. The molecule has 2 heterocycles. The molecule has 0 fully saturated rings. The average molecular weight is 163 g/mol. The van der Waals surface area contributed by atoms with E-state index in [1.165, 1.54) is 0 Å². The number of amides is 1. The highest BCUT2D eigenvalue weighted by molar-refractivity contribution is 6.00. The Bertz CT molecular complexity index is 324. The van der Waals surface area contributed by atoms with Gasteiger partial charge in [0.15, 0.2) is 0 Å². The topological polar surface area (TPSA) is 45.2 Å². The molecule has 2 rings (SSSR count). The predicted octanol–water partition coefficient (Wildman–Crippen LogP) is 0.537. The number of hydrogen-bond donors (Lipinski definition) is 1. The first-order valence-electron chi connectivity index (χ1n) is 3.73. The third-order valence-electron chi connectivity index (χ3n) is 1.87. The van der Waals surface area contributed by atoms with Crippen LogP contribution < -0.4 is 5.32 Å². The first kappa shape index (κ1) is 7.09. The van der Waals surface area contributed by atoms with Crippen LogP contribution in [-0.2, 0) is 0 Å². The molecule has 0 aromatic carbocycles. The average Bonchev–Trinajstić information content (AvgIpc) is 2.12. The van der Waals surface area contributed by atoms with Crippen molar-refractivity contribution in [1.29, 1.82) is 0 Å². The van der Waals surface area contributed by atoms with Gasteiger partial charge in [0.05, 0.1) is 12.2 Å². The van der Waals surface area contributed by atoms with Crippen LogP contribution in [0.1, 0.15) is 10.4 Å². The van der Waals surface area contributed by atoms with Gasteiger partial charge >= 0.3 is 0 Å². The van der Waals surface area contributed by atoms with Crippen molar-refractivity contribution in [2.45, 2.75) is 0 Å². The van der Waals surface area contributed by atoms with Crippen LogP contribution >= 0.6 is 0 Å². The van der Waals surface area contributed by atoms with E-state index in [0.29, 0.717) is 18.1 Å². The van der Waals surface area contributed by atoms with Gasteiger partial charge in [-0.2, -0.15) is 0 Å². The van der Waals surface area contributed by atoms with Crippen molar-refractivity contribution in [3.8, 4) is 0 Å². The Morgan fingerprint density at radius 1 is 1.67 bits per heavy atom. The molecule has 0 saturated carbocycles. The van der Waals surface area contributed by atoms with Crippen molar-refractivity contribution in [3.05, 3.63) is 23.9 Å². The van der Waals surface area contributed by atoms with Crippen LogP contribution in [0.25, 0.3) is 0 Å². The van der Waals surface area contributed by atoms with Gasteiger partial charge in [-0.15, -0.1) is 0 Å². The summed E-state index contributed by atoms with van der Waals surface area (Å²) in [6.07, 6.45) is 1.67. The molecule has 0 bridgehead atoms. The maximum atomic E-state index is 11.5. The van der Waals surface area contributed by atoms with Crippen molar-refractivity contribution < 1.29 is 4.79 Å². The number of carbonyl (C=O) groups excluding carboxylic acids is 1. The number of fused-ring (bicyclic) bond motifs is 1. The molecule has 1 amide bonds. The Kier molecular flexibility index (Phi) is 1.46. The van der Waals surface area contributed by atoms with E-state index in [1.54, 1.807) is 30.3 Å². The molecule has 1 aromatic rings. The fourth-order valence-corrected chi connectivity index (χ4v) is 1.19.